The van der Waals surface area contributed by atoms with Crippen molar-refractivity contribution in [1.29, 1.82) is 0 Å². The molecule has 7 nitrogen and oxygen atoms in total. The minimum absolute atomic E-state index is 0.0482. The van der Waals surface area contributed by atoms with Crippen molar-refractivity contribution in [3.05, 3.63) is 76.8 Å². The number of rotatable bonds is 6. The molecule has 0 unspecified atom stereocenters. The molecule has 0 saturated heterocycles. The molecule has 1 aromatic heterocycles. The van der Waals surface area contributed by atoms with Gasteiger partial charge in [0.2, 0.25) is 0 Å². The number of hydrogen-bond donors (Lipinski definition) is 3. The molecule has 3 aromatic carbocycles. The summed E-state index contributed by atoms with van der Waals surface area (Å²) in [5.74, 6) is 0.674. The van der Waals surface area contributed by atoms with Crippen molar-refractivity contribution in [2.24, 2.45) is 5.10 Å². The van der Waals surface area contributed by atoms with E-state index in [1.807, 2.05) is 25.1 Å². The van der Waals surface area contributed by atoms with Crippen molar-refractivity contribution in [2.75, 3.05) is 6.61 Å². The molecule has 1 heterocycles. The number of carbonyl (C=O) groups is 1. The first-order valence-corrected chi connectivity index (χ1v) is 9.97. The quantitative estimate of drug-likeness (QED) is 0.301. The van der Waals surface area contributed by atoms with Gasteiger partial charge in [-0.2, -0.15) is 5.10 Å². The number of halogens is 1. The Morgan fingerprint density at radius 1 is 1.23 bits per heavy atom. The summed E-state index contributed by atoms with van der Waals surface area (Å²) in [6.45, 7) is 2.26. The number of nitrogens with one attached hydrogen (secondary N) is 2. The third kappa shape index (κ3) is 4.51. The highest BCUT2D eigenvalue weighted by atomic mass is 35.5. The highest BCUT2D eigenvalue weighted by Crippen LogP contribution is 2.28. The van der Waals surface area contributed by atoms with Crippen molar-refractivity contribution < 1.29 is 14.6 Å². The summed E-state index contributed by atoms with van der Waals surface area (Å²) in [6, 6.07) is 17.4. The van der Waals surface area contributed by atoms with Gasteiger partial charge < -0.3 is 14.8 Å². The number of phenols is 1. The molecule has 0 radical (unpaired) electrons. The number of phenolic OH excluding ortho intramolecular Hbond substituents is 1. The van der Waals surface area contributed by atoms with Gasteiger partial charge in [-0.3, -0.25) is 4.79 Å². The van der Waals surface area contributed by atoms with Crippen LogP contribution in [-0.4, -0.2) is 33.8 Å². The van der Waals surface area contributed by atoms with Gasteiger partial charge >= 0.3 is 0 Å². The first-order chi connectivity index (χ1) is 15.0. The molecule has 0 aliphatic heterocycles. The average Bonchev–Trinajstić information content (AvgIpc) is 3.19. The molecule has 0 fully saturated rings. The second-order valence-electron chi connectivity index (χ2n) is 6.66. The molecule has 3 N–H and O–H groups in total. The van der Waals surface area contributed by atoms with Crippen LogP contribution in [0.4, 0.5) is 0 Å². The first-order valence-electron chi connectivity index (χ1n) is 9.59. The van der Waals surface area contributed by atoms with E-state index in [1.165, 1.54) is 12.3 Å². The number of nitrogens with zero attached hydrogens (tertiary/aromatic N) is 2. The highest BCUT2D eigenvalue weighted by Gasteiger charge is 2.11. The number of amides is 1. The summed E-state index contributed by atoms with van der Waals surface area (Å²) in [5.41, 5.74) is 5.83. The summed E-state index contributed by atoms with van der Waals surface area (Å²) in [7, 11) is 0. The maximum absolute atomic E-state index is 12.5. The van der Waals surface area contributed by atoms with Crippen molar-refractivity contribution in [3.63, 3.8) is 0 Å². The standard InChI is InChI=1S/C23H19ClN4O3/c1-2-31-21-11-14(7-10-20(21)29)13-25-28-23(30)15-8-9-18-19(12-15)27-22(26-18)16-5-3-4-6-17(16)24/h3-13,29H,2H2,1H3,(H,26,27)(H,28,30)/b25-13+. The fraction of sp³-hybridized carbons (Fsp3) is 0.0870. The van der Waals surface area contributed by atoms with Gasteiger partial charge in [-0.25, -0.2) is 10.4 Å². The molecule has 1 amide bonds. The Balaban J connectivity index is 1.50. The number of aromatic hydroxyl groups is 1. The number of aromatic nitrogens is 2. The van der Waals surface area contributed by atoms with Crippen LogP contribution in [0.2, 0.25) is 5.02 Å². The van der Waals surface area contributed by atoms with Crippen LogP contribution in [-0.2, 0) is 0 Å². The number of benzene rings is 3. The second kappa shape index (κ2) is 8.89. The molecule has 0 spiro atoms. The molecule has 0 bridgehead atoms. The summed E-state index contributed by atoms with van der Waals surface area (Å²) in [4.78, 5) is 20.2. The van der Waals surface area contributed by atoms with Gasteiger partial charge in [0, 0.05) is 11.1 Å². The number of ether oxygens (including phenoxy) is 1. The van der Waals surface area contributed by atoms with Gasteiger partial charge in [0.1, 0.15) is 5.82 Å². The zero-order valence-electron chi connectivity index (χ0n) is 16.6. The Hall–Kier alpha value is -3.84. The van der Waals surface area contributed by atoms with Crippen molar-refractivity contribution in [1.82, 2.24) is 15.4 Å². The van der Waals surface area contributed by atoms with Gasteiger partial charge in [0.05, 0.1) is 28.9 Å². The lowest BCUT2D eigenvalue weighted by molar-refractivity contribution is 0.0955. The molecular weight excluding hydrogens is 416 g/mol. The predicted molar refractivity (Wildman–Crippen MR) is 121 cm³/mol. The van der Waals surface area contributed by atoms with E-state index >= 15 is 0 Å². The van der Waals surface area contributed by atoms with Gasteiger partial charge in [-0.1, -0.05) is 23.7 Å². The van der Waals surface area contributed by atoms with Crippen molar-refractivity contribution in [2.45, 2.75) is 6.92 Å². The van der Waals surface area contributed by atoms with Crippen LogP contribution in [0.25, 0.3) is 22.4 Å². The van der Waals surface area contributed by atoms with Gasteiger partial charge in [0.25, 0.3) is 5.91 Å². The number of carbonyl (C=O) groups excluding carboxylic acids is 1. The largest absolute Gasteiger partial charge is 0.504 e. The number of fused-ring (bicyclic) bond motifs is 1. The van der Waals surface area contributed by atoms with E-state index in [1.54, 1.807) is 36.4 Å². The van der Waals surface area contributed by atoms with Crippen LogP contribution in [0.3, 0.4) is 0 Å². The van der Waals surface area contributed by atoms with Crippen LogP contribution in [0.5, 0.6) is 11.5 Å². The predicted octanol–water partition coefficient (Wildman–Crippen LogP) is 4.75. The van der Waals surface area contributed by atoms with Crippen molar-refractivity contribution in [3.8, 4) is 22.9 Å². The molecule has 0 saturated carbocycles. The van der Waals surface area contributed by atoms with Gasteiger partial charge in [-0.05, 0) is 61.0 Å². The number of hydrogen-bond acceptors (Lipinski definition) is 5. The Morgan fingerprint density at radius 2 is 2.06 bits per heavy atom. The van der Waals surface area contributed by atoms with Crippen LogP contribution in [0.15, 0.2) is 65.8 Å². The third-order valence-electron chi connectivity index (χ3n) is 4.54. The summed E-state index contributed by atoms with van der Waals surface area (Å²) >= 11 is 6.25. The normalized spacial score (nSPS) is 11.2. The van der Waals surface area contributed by atoms with Gasteiger partial charge in [0.15, 0.2) is 11.5 Å². The zero-order valence-corrected chi connectivity index (χ0v) is 17.3. The highest BCUT2D eigenvalue weighted by molar-refractivity contribution is 6.33. The van der Waals surface area contributed by atoms with E-state index in [4.69, 9.17) is 16.3 Å². The third-order valence-corrected chi connectivity index (χ3v) is 4.87. The maximum Gasteiger partial charge on any atom is 0.271 e. The molecule has 31 heavy (non-hydrogen) atoms. The Morgan fingerprint density at radius 3 is 2.87 bits per heavy atom. The summed E-state index contributed by atoms with van der Waals surface area (Å²) in [5, 5.41) is 14.3. The second-order valence-corrected chi connectivity index (χ2v) is 7.06. The Labute approximate surface area is 183 Å². The zero-order chi connectivity index (χ0) is 21.8. The van der Waals surface area contributed by atoms with Crippen LogP contribution in [0, 0.1) is 0 Å². The van der Waals surface area contributed by atoms with Gasteiger partial charge in [-0.15, -0.1) is 0 Å². The number of imidazole rings is 1. The topological polar surface area (TPSA) is 99.6 Å². The number of aromatic amines is 1. The lowest BCUT2D eigenvalue weighted by Gasteiger charge is -2.06. The van der Waals surface area contributed by atoms with Crippen molar-refractivity contribution >= 4 is 34.8 Å². The average molecular weight is 435 g/mol. The fourth-order valence-electron chi connectivity index (χ4n) is 3.04. The monoisotopic (exact) mass is 434 g/mol. The minimum atomic E-state index is -0.365. The smallest absolute Gasteiger partial charge is 0.271 e. The molecule has 4 aromatic rings. The van der Waals surface area contributed by atoms with Crippen LogP contribution < -0.4 is 10.2 Å². The van der Waals surface area contributed by atoms with E-state index in [-0.39, 0.29) is 11.7 Å². The SMILES string of the molecule is CCOc1cc(/C=N/NC(=O)c2ccc3nc(-c4ccccc4Cl)[nH]c3c2)ccc1O. The van der Waals surface area contributed by atoms with E-state index in [0.717, 1.165) is 11.1 Å². The molecule has 0 aliphatic carbocycles. The Kier molecular flexibility index (Phi) is 5.86. The maximum atomic E-state index is 12.5. The molecular formula is C23H19ClN4O3. The fourth-order valence-corrected chi connectivity index (χ4v) is 3.27. The van der Waals surface area contributed by atoms with Crippen LogP contribution in [0.1, 0.15) is 22.8 Å². The molecule has 156 valence electrons. The first kappa shape index (κ1) is 20.4. The molecule has 0 aliphatic rings. The minimum Gasteiger partial charge on any atom is -0.504 e. The van der Waals surface area contributed by atoms with Crippen LogP contribution >= 0.6 is 11.6 Å². The lowest BCUT2D eigenvalue weighted by atomic mass is 10.2. The van der Waals surface area contributed by atoms with E-state index in [0.29, 0.717) is 39.8 Å². The van der Waals surface area contributed by atoms with E-state index in [2.05, 4.69) is 20.5 Å². The number of H-pyrrole nitrogens is 1. The summed E-state index contributed by atoms with van der Waals surface area (Å²) in [6.07, 6.45) is 1.48. The molecule has 0 atom stereocenters. The molecule has 4 rings (SSSR count). The lowest BCUT2D eigenvalue weighted by Crippen LogP contribution is -2.17. The number of hydrazone groups is 1. The van der Waals surface area contributed by atoms with E-state index in [9.17, 15) is 9.90 Å². The summed E-state index contributed by atoms with van der Waals surface area (Å²) < 4.78 is 5.34. The Bertz CT molecular complexity index is 1280. The molecule has 8 heteroatoms. The van der Waals surface area contributed by atoms with E-state index < -0.39 is 0 Å².